The number of nitrogens with two attached hydrogens (primary N) is 1. The molecule has 1 heterocycles. The third-order valence-electron chi connectivity index (χ3n) is 3.54. The number of ether oxygens (including phenoxy) is 1. The molecule has 0 saturated heterocycles. The zero-order valence-electron chi connectivity index (χ0n) is 11.4. The smallest absolute Gasteiger partial charge is 0.306 e. The molecule has 0 spiro atoms. The molecule has 0 radical (unpaired) electrons. The van der Waals surface area contributed by atoms with Crippen molar-refractivity contribution < 1.29 is 9.53 Å². The standard InChI is InChI=1S/C14H20N2O2S/c1-10-5-11(7-15)8-16-13(10)19-9-14(3-4-14)6-12(17)18-2/h5,8H,3-4,6-7,9,15H2,1-2H3. The van der Waals surface area contributed by atoms with Gasteiger partial charge in [0.05, 0.1) is 18.6 Å². The maximum atomic E-state index is 11.4. The summed E-state index contributed by atoms with van der Waals surface area (Å²) in [6.07, 6.45) is 4.57. The Balaban J connectivity index is 1.94. The number of thioether (sulfide) groups is 1. The van der Waals surface area contributed by atoms with E-state index < -0.39 is 0 Å². The summed E-state index contributed by atoms with van der Waals surface area (Å²) in [5.74, 6) is 0.819. The van der Waals surface area contributed by atoms with Crippen LogP contribution < -0.4 is 5.73 Å². The molecule has 0 amide bonds. The fourth-order valence-corrected chi connectivity index (χ4v) is 3.28. The predicted octanol–water partition coefficient (Wildman–Crippen LogP) is 2.28. The van der Waals surface area contributed by atoms with E-state index in [1.165, 1.54) is 7.11 Å². The third kappa shape index (κ3) is 3.70. The summed E-state index contributed by atoms with van der Waals surface area (Å²) in [7, 11) is 1.45. The number of pyridine rings is 1. The fraction of sp³-hybridized carbons (Fsp3) is 0.571. The molecule has 1 aromatic rings. The van der Waals surface area contributed by atoms with Crippen LogP contribution in [0.3, 0.4) is 0 Å². The van der Waals surface area contributed by atoms with Crippen LogP contribution in [0.25, 0.3) is 0 Å². The van der Waals surface area contributed by atoms with Gasteiger partial charge in [-0.1, -0.05) is 6.07 Å². The number of esters is 1. The van der Waals surface area contributed by atoms with Gasteiger partial charge < -0.3 is 10.5 Å². The second-order valence-electron chi connectivity index (χ2n) is 5.21. The molecule has 0 atom stereocenters. The average molecular weight is 280 g/mol. The Morgan fingerprint density at radius 1 is 1.58 bits per heavy atom. The summed E-state index contributed by atoms with van der Waals surface area (Å²) >= 11 is 1.73. The number of nitrogens with zero attached hydrogens (tertiary/aromatic N) is 1. The van der Waals surface area contributed by atoms with Crippen LogP contribution in [-0.2, 0) is 16.1 Å². The minimum Gasteiger partial charge on any atom is -0.469 e. The number of aromatic nitrogens is 1. The summed E-state index contributed by atoms with van der Waals surface area (Å²) in [5.41, 5.74) is 7.94. The SMILES string of the molecule is COC(=O)CC1(CSc2ncc(CN)cc2C)CC1. The highest BCUT2D eigenvalue weighted by Gasteiger charge is 2.44. The molecule has 1 fully saturated rings. The lowest BCUT2D eigenvalue weighted by molar-refractivity contribution is -0.141. The molecule has 1 aliphatic carbocycles. The molecule has 5 heteroatoms. The van der Waals surface area contributed by atoms with Crippen molar-refractivity contribution in [3.63, 3.8) is 0 Å². The van der Waals surface area contributed by atoms with Crippen molar-refractivity contribution in [2.24, 2.45) is 11.1 Å². The first-order chi connectivity index (χ1) is 9.08. The Morgan fingerprint density at radius 3 is 2.84 bits per heavy atom. The van der Waals surface area contributed by atoms with Crippen LogP contribution >= 0.6 is 11.8 Å². The molecule has 4 nitrogen and oxygen atoms in total. The zero-order chi connectivity index (χ0) is 13.9. The van der Waals surface area contributed by atoms with E-state index in [2.05, 4.69) is 11.1 Å². The molecule has 104 valence electrons. The molecule has 1 aromatic heterocycles. The van der Waals surface area contributed by atoms with Gasteiger partial charge in [-0.3, -0.25) is 4.79 Å². The second-order valence-corrected chi connectivity index (χ2v) is 6.18. The Kier molecular flexibility index (Phi) is 4.47. The van der Waals surface area contributed by atoms with Crippen molar-refractivity contribution in [3.05, 3.63) is 23.4 Å². The molecule has 2 rings (SSSR count). The number of rotatable bonds is 6. The van der Waals surface area contributed by atoms with E-state index in [0.29, 0.717) is 13.0 Å². The second kappa shape index (κ2) is 5.92. The molecule has 1 saturated carbocycles. The van der Waals surface area contributed by atoms with Gasteiger partial charge in [-0.15, -0.1) is 11.8 Å². The topological polar surface area (TPSA) is 65.2 Å². The van der Waals surface area contributed by atoms with Gasteiger partial charge in [0.25, 0.3) is 0 Å². The molecule has 0 aromatic carbocycles. The Hall–Kier alpha value is -1.07. The van der Waals surface area contributed by atoms with Crippen molar-refractivity contribution in [1.82, 2.24) is 4.98 Å². The largest absolute Gasteiger partial charge is 0.469 e. The normalized spacial score (nSPS) is 16.2. The van der Waals surface area contributed by atoms with Crippen LogP contribution in [0.1, 0.15) is 30.4 Å². The van der Waals surface area contributed by atoms with Gasteiger partial charge in [0.1, 0.15) is 0 Å². The van der Waals surface area contributed by atoms with Crippen LogP contribution in [0, 0.1) is 12.3 Å². The number of hydrogen-bond donors (Lipinski definition) is 1. The number of carbonyl (C=O) groups excluding carboxylic acids is 1. The Bertz CT molecular complexity index is 473. The molecular formula is C14H20N2O2S. The van der Waals surface area contributed by atoms with Crippen LogP contribution in [0.5, 0.6) is 0 Å². The van der Waals surface area contributed by atoms with Gasteiger partial charge in [-0.2, -0.15) is 0 Å². The zero-order valence-corrected chi connectivity index (χ0v) is 12.3. The van der Waals surface area contributed by atoms with E-state index in [4.69, 9.17) is 10.5 Å². The fourth-order valence-electron chi connectivity index (χ4n) is 2.03. The highest BCUT2D eigenvalue weighted by Crippen LogP contribution is 2.52. The van der Waals surface area contributed by atoms with E-state index in [9.17, 15) is 4.79 Å². The molecule has 1 aliphatic rings. The maximum Gasteiger partial charge on any atom is 0.306 e. The highest BCUT2D eigenvalue weighted by molar-refractivity contribution is 7.99. The van der Waals surface area contributed by atoms with Crippen molar-refractivity contribution in [2.45, 2.75) is 37.8 Å². The molecule has 0 aliphatic heterocycles. The van der Waals surface area contributed by atoms with Crippen molar-refractivity contribution in [2.75, 3.05) is 12.9 Å². The first-order valence-corrected chi connectivity index (χ1v) is 7.42. The lowest BCUT2D eigenvalue weighted by Gasteiger charge is -2.13. The van der Waals surface area contributed by atoms with Crippen LogP contribution in [0.15, 0.2) is 17.3 Å². The van der Waals surface area contributed by atoms with Gasteiger partial charge in [-0.05, 0) is 36.3 Å². The molecule has 0 bridgehead atoms. The van der Waals surface area contributed by atoms with Crippen molar-refractivity contribution >= 4 is 17.7 Å². The monoisotopic (exact) mass is 280 g/mol. The molecular weight excluding hydrogens is 260 g/mol. The summed E-state index contributed by atoms with van der Waals surface area (Å²) < 4.78 is 4.75. The van der Waals surface area contributed by atoms with Gasteiger partial charge in [0.2, 0.25) is 0 Å². The van der Waals surface area contributed by atoms with E-state index in [0.717, 1.165) is 34.7 Å². The lowest BCUT2D eigenvalue weighted by Crippen LogP contribution is -2.13. The van der Waals surface area contributed by atoms with Gasteiger partial charge in [-0.25, -0.2) is 4.98 Å². The first-order valence-electron chi connectivity index (χ1n) is 6.44. The lowest BCUT2D eigenvalue weighted by atomic mass is 10.1. The number of hydrogen-bond acceptors (Lipinski definition) is 5. The van der Waals surface area contributed by atoms with Gasteiger partial charge >= 0.3 is 5.97 Å². The van der Waals surface area contributed by atoms with Crippen LogP contribution in [0.4, 0.5) is 0 Å². The van der Waals surface area contributed by atoms with E-state index >= 15 is 0 Å². The number of carbonyl (C=O) groups is 1. The van der Waals surface area contributed by atoms with Crippen molar-refractivity contribution in [1.29, 1.82) is 0 Å². The third-order valence-corrected chi connectivity index (χ3v) is 5.00. The number of aryl methyl sites for hydroxylation is 1. The number of methoxy groups -OCH3 is 1. The van der Waals surface area contributed by atoms with Gasteiger partial charge in [0, 0.05) is 18.5 Å². The average Bonchev–Trinajstić information content (AvgIpc) is 3.17. The Morgan fingerprint density at radius 2 is 2.32 bits per heavy atom. The summed E-state index contributed by atoms with van der Waals surface area (Å²) in [6, 6.07) is 2.08. The van der Waals surface area contributed by atoms with Crippen LogP contribution in [0.2, 0.25) is 0 Å². The Labute approximate surface area is 118 Å². The van der Waals surface area contributed by atoms with Crippen LogP contribution in [-0.4, -0.2) is 23.8 Å². The quantitative estimate of drug-likeness (QED) is 0.639. The van der Waals surface area contributed by atoms with E-state index in [1.54, 1.807) is 11.8 Å². The molecule has 2 N–H and O–H groups in total. The first kappa shape index (κ1) is 14.3. The van der Waals surface area contributed by atoms with Crippen molar-refractivity contribution in [3.8, 4) is 0 Å². The minimum absolute atomic E-state index is 0.110. The summed E-state index contributed by atoms with van der Waals surface area (Å²) in [5, 5.41) is 1.04. The maximum absolute atomic E-state index is 11.4. The molecule has 19 heavy (non-hydrogen) atoms. The van der Waals surface area contributed by atoms with E-state index in [1.807, 2.05) is 13.1 Å². The molecule has 0 unspecified atom stereocenters. The summed E-state index contributed by atoms with van der Waals surface area (Å²) in [6.45, 7) is 2.57. The highest BCUT2D eigenvalue weighted by atomic mass is 32.2. The van der Waals surface area contributed by atoms with Gasteiger partial charge in [0.15, 0.2) is 0 Å². The summed E-state index contributed by atoms with van der Waals surface area (Å²) in [4.78, 5) is 15.8. The minimum atomic E-state index is -0.110. The van der Waals surface area contributed by atoms with E-state index in [-0.39, 0.29) is 11.4 Å². The predicted molar refractivity (Wildman–Crippen MR) is 75.9 cm³/mol.